The third kappa shape index (κ3) is 2.92. The largest absolute Gasteiger partial charge is 0.481 e. The molecule has 1 aromatic heterocycles. The third-order valence-corrected chi connectivity index (χ3v) is 3.74. The molecule has 2 unspecified atom stereocenters. The van der Waals surface area contributed by atoms with Crippen LogP contribution in [0.5, 0.6) is 0 Å². The maximum absolute atomic E-state index is 12.8. The van der Waals surface area contributed by atoms with Gasteiger partial charge in [0.1, 0.15) is 17.2 Å². The molecule has 1 aliphatic heterocycles. The maximum Gasteiger partial charge on any atom is 0.311 e. The summed E-state index contributed by atoms with van der Waals surface area (Å²) in [5.41, 5.74) is 0.934. The van der Waals surface area contributed by atoms with E-state index in [4.69, 9.17) is 9.26 Å². The van der Waals surface area contributed by atoms with Crippen molar-refractivity contribution in [1.29, 1.82) is 0 Å². The normalized spacial score (nSPS) is 21.5. The van der Waals surface area contributed by atoms with Gasteiger partial charge in [0.25, 0.3) is 5.91 Å². The van der Waals surface area contributed by atoms with Crippen molar-refractivity contribution >= 4 is 11.9 Å². The molecule has 1 amide bonds. The summed E-state index contributed by atoms with van der Waals surface area (Å²) in [6.45, 7) is 6.17. The van der Waals surface area contributed by atoms with Crippen LogP contribution in [0.3, 0.4) is 0 Å². The summed E-state index contributed by atoms with van der Waals surface area (Å²) in [4.78, 5) is 25.7. The predicted molar refractivity (Wildman–Crippen MR) is 73.0 cm³/mol. The lowest BCUT2D eigenvalue weighted by Crippen LogP contribution is -2.47. The van der Waals surface area contributed by atoms with E-state index in [1.54, 1.807) is 18.7 Å². The third-order valence-electron chi connectivity index (χ3n) is 3.74. The van der Waals surface area contributed by atoms with Gasteiger partial charge in [-0.1, -0.05) is 12.1 Å². The zero-order chi connectivity index (χ0) is 15.6. The van der Waals surface area contributed by atoms with Crippen molar-refractivity contribution in [2.45, 2.75) is 33.2 Å². The van der Waals surface area contributed by atoms with Crippen molar-refractivity contribution in [2.24, 2.45) is 5.92 Å². The van der Waals surface area contributed by atoms with E-state index in [9.17, 15) is 14.7 Å². The number of aryl methyl sites for hydroxylation is 2. The van der Waals surface area contributed by atoms with Gasteiger partial charge < -0.3 is 19.3 Å². The van der Waals surface area contributed by atoms with Crippen LogP contribution in [0.2, 0.25) is 0 Å². The molecule has 2 rings (SSSR count). The molecule has 1 N–H and O–H groups in total. The Kier molecular flexibility index (Phi) is 4.62. The minimum absolute atomic E-state index is 0.134. The standard InChI is InChI=1S/C14H20N2O5/c1-4-5-16(11-7-20-6-10(11)14(18)19)13(17)12-8(2)15-21-9(12)3/h10-11H,4-7H2,1-3H3,(H,18,19). The smallest absolute Gasteiger partial charge is 0.311 e. The number of amides is 1. The van der Waals surface area contributed by atoms with Crippen molar-refractivity contribution < 1.29 is 24.0 Å². The lowest BCUT2D eigenvalue weighted by atomic mass is 10.0. The summed E-state index contributed by atoms with van der Waals surface area (Å²) in [5, 5.41) is 13.1. The van der Waals surface area contributed by atoms with E-state index in [0.29, 0.717) is 23.6 Å². The maximum atomic E-state index is 12.8. The second kappa shape index (κ2) is 6.26. The molecule has 0 aromatic carbocycles. The second-order valence-electron chi connectivity index (χ2n) is 5.25. The quantitative estimate of drug-likeness (QED) is 0.878. The molecule has 1 aromatic rings. The number of nitrogens with zero attached hydrogens (tertiary/aromatic N) is 2. The van der Waals surface area contributed by atoms with Crippen molar-refractivity contribution in [3.63, 3.8) is 0 Å². The highest BCUT2D eigenvalue weighted by Gasteiger charge is 2.40. The molecule has 0 bridgehead atoms. The Morgan fingerprint density at radius 2 is 2.10 bits per heavy atom. The van der Waals surface area contributed by atoms with Crippen molar-refractivity contribution in [2.75, 3.05) is 19.8 Å². The molecular formula is C14H20N2O5. The van der Waals surface area contributed by atoms with E-state index in [1.165, 1.54) is 0 Å². The summed E-state index contributed by atoms with van der Waals surface area (Å²) in [7, 11) is 0. The topological polar surface area (TPSA) is 92.9 Å². The van der Waals surface area contributed by atoms with Gasteiger partial charge in [-0.3, -0.25) is 9.59 Å². The molecule has 2 heterocycles. The van der Waals surface area contributed by atoms with Crippen LogP contribution in [-0.2, 0) is 9.53 Å². The molecule has 1 fully saturated rings. The Balaban J connectivity index is 2.30. The Morgan fingerprint density at radius 3 is 2.62 bits per heavy atom. The van der Waals surface area contributed by atoms with Crippen LogP contribution in [0.1, 0.15) is 35.2 Å². The number of aliphatic carboxylic acids is 1. The molecule has 21 heavy (non-hydrogen) atoms. The second-order valence-corrected chi connectivity index (χ2v) is 5.25. The number of carbonyl (C=O) groups is 2. The minimum atomic E-state index is -0.940. The van der Waals surface area contributed by atoms with Gasteiger partial charge in [-0.2, -0.15) is 0 Å². The van der Waals surface area contributed by atoms with E-state index in [2.05, 4.69) is 5.16 Å². The van der Waals surface area contributed by atoms with Gasteiger partial charge in [0.05, 0.1) is 24.9 Å². The van der Waals surface area contributed by atoms with Crippen LogP contribution in [-0.4, -0.2) is 52.8 Å². The molecule has 116 valence electrons. The molecule has 0 spiro atoms. The van der Waals surface area contributed by atoms with E-state index in [-0.39, 0.29) is 19.1 Å². The Bertz CT molecular complexity index is 520. The van der Waals surface area contributed by atoms with Crippen LogP contribution < -0.4 is 0 Å². The molecule has 1 aliphatic rings. The summed E-state index contributed by atoms with van der Waals surface area (Å²) in [6, 6.07) is -0.455. The van der Waals surface area contributed by atoms with Crippen molar-refractivity contribution in [1.82, 2.24) is 10.1 Å². The number of hydrogen-bond donors (Lipinski definition) is 1. The fourth-order valence-corrected chi connectivity index (χ4v) is 2.68. The number of aromatic nitrogens is 1. The average molecular weight is 296 g/mol. The van der Waals surface area contributed by atoms with Gasteiger partial charge in [0.2, 0.25) is 0 Å². The molecule has 0 radical (unpaired) electrons. The van der Waals surface area contributed by atoms with E-state index in [0.717, 1.165) is 6.42 Å². The summed E-state index contributed by atoms with van der Waals surface area (Å²) < 4.78 is 10.3. The number of rotatable bonds is 5. The number of ether oxygens (including phenoxy) is 1. The Hall–Kier alpha value is -1.89. The SMILES string of the molecule is CCCN(C(=O)c1c(C)noc1C)C1COCC1C(=O)O. The zero-order valence-electron chi connectivity index (χ0n) is 12.5. The number of carboxylic acid groups (broad SMARTS) is 1. The van der Waals surface area contributed by atoms with Gasteiger partial charge in [-0.25, -0.2) is 0 Å². The van der Waals surface area contributed by atoms with E-state index >= 15 is 0 Å². The van der Waals surface area contributed by atoms with Crippen molar-refractivity contribution in [3.05, 3.63) is 17.0 Å². The zero-order valence-corrected chi connectivity index (χ0v) is 12.5. The molecule has 2 atom stereocenters. The fourth-order valence-electron chi connectivity index (χ4n) is 2.68. The average Bonchev–Trinajstić information content (AvgIpc) is 3.02. The number of hydrogen-bond acceptors (Lipinski definition) is 5. The highest BCUT2D eigenvalue weighted by atomic mass is 16.5. The monoisotopic (exact) mass is 296 g/mol. The lowest BCUT2D eigenvalue weighted by molar-refractivity contribution is -0.142. The minimum Gasteiger partial charge on any atom is -0.481 e. The van der Waals surface area contributed by atoms with Crippen LogP contribution in [0.15, 0.2) is 4.52 Å². The summed E-state index contributed by atoms with van der Waals surface area (Å²) in [6.07, 6.45) is 0.734. The molecular weight excluding hydrogens is 276 g/mol. The molecule has 7 heteroatoms. The van der Waals surface area contributed by atoms with Crippen LogP contribution in [0.25, 0.3) is 0 Å². The Labute approximate surface area is 122 Å². The van der Waals surface area contributed by atoms with Crippen LogP contribution in [0, 0.1) is 19.8 Å². The number of carboxylic acids is 1. The first kappa shape index (κ1) is 15.5. The van der Waals surface area contributed by atoms with Gasteiger partial charge in [-0.05, 0) is 20.3 Å². The van der Waals surface area contributed by atoms with Crippen molar-refractivity contribution in [3.8, 4) is 0 Å². The van der Waals surface area contributed by atoms with Gasteiger partial charge in [0.15, 0.2) is 0 Å². The molecule has 1 saturated heterocycles. The first-order valence-electron chi connectivity index (χ1n) is 7.01. The number of carbonyl (C=O) groups excluding carboxylic acids is 1. The molecule has 7 nitrogen and oxygen atoms in total. The molecule has 0 saturated carbocycles. The first-order chi connectivity index (χ1) is 9.97. The Morgan fingerprint density at radius 1 is 1.38 bits per heavy atom. The van der Waals surface area contributed by atoms with Gasteiger partial charge in [0, 0.05) is 6.54 Å². The highest BCUT2D eigenvalue weighted by molar-refractivity contribution is 5.96. The van der Waals surface area contributed by atoms with Crippen LogP contribution in [0.4, 0.5) is 0 Å². The predicted octanol–water partition coefficient (Wildman–Crippen LogP) is 1.24. The van der Waals surface area contributed by atoms with Crippen LogP contribution >= 0.6 is 0 Å². The van der Waals surface area contributed by atoms with Gasteiger partial charge >= 0.3 is 5.97 Å². The fraction of sp³-hybridized carbons (Fsp3) is 0.643. The first-order valence-corrected chi connectivity index (χ1v) is 7.01. The highest BCUT2D eigenvalue weighted by Crippen LogP contribution is 2.24. The lowest BCUT2D eigenvalue weighted by Gasteiger charge is -2.30. The molecule has 0 aliphatic carbocycles. The van der Waals surface area contributed by atoms with Gasteiger partial charge in [-0.15, -0.1) is 0 Å². The summed E-state index contributed by atoms with van der Waals surface area (Å²) in [5.74, 6) is -1.43. The van der Waals surface area contributed by atoms with E-state index < -0.39 is 17.9 Å². The van der Waals surface area contributed by atoms with E-state index in [1.807, 2.05) is 6.92 Å². The summed E-state index contributed by atoms with van der Waals surface area (Å²) >= 11 is 0.